The molecule has 0 atom stereocenters. The number of fused-ring (bicyclic) bond motifs is 1. The highest BCUT2D eigenvalue weighted by molar-refractivity contribution is 8.00. The number of carbonyl (C=O) groups is 3. The zero-order valence-corrected chi connectivity index (χ0v) is 16.1. The van der Waals surface area contributed by atoms with Gasteiger partial charge < -0.3 is 15.0 Å². The molecule has 0 bridgehead atoms. The minimum atomic E-state index is -0.506. The van der Waals surface area contributed by atoms with Gasteiger partial charge in [0.15, 0.2) is 0 Å². The molecule has 146 valence electrons. The van der Waals surface area contributed by atoms with Crippen molar-refractivity contribution >= 4 is 40.9 Å². The molecular formula is C18H18N4O5S. The van der Waals surface area contributed by atoms with Crippen molar-refractivity contribution in [1.29, 1.82) is 0 Å². The molecule has 1 aliphatic rings. The second-order valence-electron chi connectivity index (χ2n) is 5.91. The molecule has 2 amide bonds. The zero-order chi connectivity index (χ0) is 20.3. The Bertz CT molecular complexity index is 986. The van der Waals surface area contributed by atoms with Gasteiger partial charge >= 0.3 is 5.97 Å². The van der Waals surface area contributed by atoms with E-state index in [9.17, 15) is 19.2 Å². The number of carbonyl (C=O) groups excluding carboxylic acids is 3. The highest BCUT2D eigenvalue weighted by Crippen LogP contribution is 2.30. The Labute approximate surface area is 164 Å². The molecule has 9 nitrogen and oxygen atoms in total. The average Bonchev–Trinajstić information content (AvgIpc) is 2.67. The molecule has 10 heteroatoms. The van der Waals surface area contributed by atoms with Gasteiger partial charge in [-0.05, 0) is 31.2 Å². The topological polar surface area (TPSA) is 111 Å². The first-order valence-corrected chi connectivity index (χ1v) is 9.45. The fourth-order valence-electron chi connectivity index (χ4n) is 2.59. The molecule has 1 N–H and O–H groups in total. The number of nitrogens with one attached hydrogen (secondary N) is 1. The first-order valence-electron chi connectivity index (χ1n) is 8.47. The summed E-state index contributed by atoms with van der Waals surface area (Å²) in [7, 11) is 1.53. The van der Waals surface area contributed by atoms with Crippen LogP contribution in [0.4, 0.5) is 11.4 Å². The summed E-state index contributed by atoms with van der Waals surface area (Å²) in [4.78, 5) is 50.2. The molecule has 0 fully saturated rings. The van der Waals surface area contributed by atoms with E-state index in [-0.39, 0.29) is 30.5 Å². The summed E-state index contributed by atoms with van der Waals surface area (Å²) >= 11 is 1.25. The summed E-state index contributed by atoms with van der Waals surface area (Å²) in [6.45, 7) is 1.69. The summed E-state index contributed by atoms with van der Waals surface area (Å²) in [5.74, 6) is -0.840. The van der Waals surface area contributed by atoms with Crippen molar-refractivity contribution in [3.8, 4) is 0 Å². The second kappa shape index (κ2) is 8.26. The van der Waals surface area contributed by atoms with Gasteiger partial charge in [0.05, 0.1) is 29.0 Å². The number of rotatable bonds is 5. The van der Waals surface area contributed by atoms with Gasteiger partial charge in [0, 0.05) is 12.7 Å². The van der Waals surface area contributed by atoms with Gasteiger partial charge in [-0.1, -0.05) is 0 Å². The molecule has 0 spiro atoms. The third-order valence-electron chi connectivity index (χ3n) is 4.02. The summed E-state index contributed by atoms with van der Waals surface area (Å²) in [5, 5.41) is 6.65. The van der Waals surface area contributed by atoms with Crippen LogP contribution in [0.15, 0.2) is 40.2 Å². The number of hydrogen-bond acceptors (Lipinski definition) is 7. The van der Waals surface area contributed by atoms with E-state index in [0.717, 1.165) is 4.68 Å². The first-order chi connectivity index (χ1) is 13.4. The van der Waals surface area contributed by atoms with Crippen molar-refractivity contribution in [2.45, 2.75) is 18.4 Å². The predicted molar refractivity (Wildman–Crippen MR) is 104 cm³/mol. The van der Waals surface area contributed by atoms with Crippen molar-refractivity contribution in [1.82, 2.24) is 9.78 Å². The number of esters is 1. The summed E-state index contributed by atoms with van der Waals surface area (Å²) in [5.41, 5.74) is 0.556. The maximum Gasteiger partial charge on any atom is 0.338 e. The molecule has 1 aromatic carbocycles. The van der Waals surface area contributed by atoms with Crippen molar-refractivity contribution in [3.63, 3.8) is 0 Å². The monoisotopic (exact) mass is 402 g/mol. The summed E-state index contributed by atoms with van der Waals surface area (Å²) < 4.78 is 5.91. The van der Waals surface area contributed by atoms with E-state index in [1.54, 1.807) is 19.1 Å². The van der Waals surface area contributed by atoms with E-state index in [4.69, 9.17) is 4.74 Å². The Balaban J connectivity index is 1.71. The Morgan fingerprint density at radius 3 is 2.64 bits per heavy atom. The zero-order valence-electron chi connectivity index (χ0n) is 15.3. The molecular weight excluding hydrogens is 384 g/mol. The molecule has 0 radical (unpaired) electrons. The van der Waals surface area contributed by atoms with Gasteiger partial charge in [0.25, 0.3) is 5.56 Å². The number of nitrogens with zero attached hydrogens (tertiary/aromatic N) is 3. The lowest BCUT2D eigenvalue weighted by Crippen LogP contribution is -2.40. The number of benzene rings is 1. The third-order valence-corrected chi connectivity index (χ3v) is 5.02. The van der Waals surface area contributed by atoms with Crippen molar-refractivity contribution in [2.24, 2.45) is 0 Å². The Kier molecular flexibility index (Phi) is 5.78. The highest BCUT2D eigenvalue weighted by atomic mass is 32.2. The number of thioether (sulfide) groups is 1. The maximum atomic E-state index is 12.6. The van der Waals surface area contributed by atoms with Crippen LogP contribution in [-0.4, -0.2) is 47.0 Å². The standard InChI is InChI=1S/C18H18N4O5S/c1-3-27-18(26)11-4-6-12(7-5-11)20-14(23)9-22-17(25)16-13(8-19-22)28-10-15(24)21(16)2/h4-8H,3,9-10H2,1-2H3,(H,20,23). The molecule has 0 saturated carbocycles. The minimum Gasteiger partial charge on any atom is -0.462 e. The van der Waals surface area contributed by atoms with E-state index in [1.165, 1.54) is 42.0 Å². The molecule has 2 aromatic rings. The second-order valence-corrected chi connectivity index (χ2v) is 6.92. The normalized spacial score (nSPS) is 13.1. The molecule has 2 heterocycles. The number of anilines is 2. The number of hydrogen-bond donors (Lipinski definition) is 1. The van der Waals surface area contributed by atoms with Gasteiger partial charge in [-0.25, -0.2) is 9.48 Å². The molecule has 0 unspecified atom stereocenters. The number of aromatic nitrogens is 2. The van der Waals surface area contributed by atoms with Gasteiger partial charge in [-0.2, -0.15) is 5.10 Å². The maximum absolute atomic E-state index is 12.6. The quantitative estimate of drug-likeness (QED) is 0.746. The first kappa shape index (κ1) is 19.6. The SMILES string of the molecule is CCOC(=O)c1ccc(NC(=O)Cn2ncc3c(c2=O)N(C)C(=O)CS3)cc1. The van der Waals surface area contributed by atoms with Gasteiger partial charge in [0.2, 0.25) is 11.8 Å². The minimum absolute atomic E-state index is 0.182. The van der Waals surface area contributed by atoms with Crippen molar-refractivity contribution < 1.29 is 19.1 Å². The van der Waals surface area contributed by atoms with Gasteiger partial charge in [0.1, 0.15) is 12.2 Å². The number of amides is 2. The molecule has 0 saturated heterocycles. The third kappa shape index (κ3) is 4.06. The van der Waals surface area contributed by atoms with Crippen LogP contribution < -0.4 is 15.8 Å². The molecule has 3 rings (SSSR count). The molecule has 1 aliphatic heterocycles. The lowest BCUT2D eigenvalue weighted by Gasteiger charge is -2.24. The van der Waals surface area contributed by atoms with Crippen LogP contribution >= 0.6 is 11.8 Å². The van der Waals surface area contributed by atoms with Crippen LogP contribution in [0.3, 0.4) is 0 Å². The molecule has 1 aromatic heterocycles. The lowest BCUT2D eigenvalue weighted by atomic mass is 10.2. The summed E-state index contributed by atoms with van der Waals surface area (Å²) in [6, 6.07) is 6.20. The summed E-state index contributed by atoms with van der Waals surface area (Å²) in [6.07, 6.45) is 1.48. The smallest absolute Gasteiger partial charge is 0.338 e. The van der Waals surface area contributed by atoms with E-state index in [1.807, 2.05) is 0 Å². The van der Waals surface area contributed by atoms with Crippen LogP contribution in [0.25, 0.3) is 0 Å². The van der Waals surface area contributed by atoms with Gasteiger partial charge in [-0.15, -0.1) is 11.8 Å². The highest BCUT2D eigenvalue weighted by Gasteiger charge is 2.26. The Morgan fingerprint density at radius 2 is 1.96 bits per heavy atom. The van der Waals surface area contributed by atoms with Gasteiger partial charge in [-0.3, -0.25) is 14.4 Å². The molecule has 28 heavy (non-hydrogen) atoms. The largest absolute Gasteiger partial charge is 0.462 e. The predicted octanol–water partition coefficient (Wildman–Crippen LogP) is 1.13. The molecule has 0 aliphatic carbocycles. The van der Waals surface area contributed by atoms with Crippen LogP contribution in [0, 0.1) is 0 Å². The van der Waals surface area contributed by atoms with Crippen molar-refractivity contribution in [2.75, 3.05) is 29.6 Å². The van der Waals surface area contributed by atoms with Crippen LogP contribution in [0.5, 0.6) is 0 Å². The van der Waals surface area contributed by atoms with Crippen LogP contribution in [0.2, 0.25) is 0 Å². The van der Waals surface area contributed by atoms with E-state index in [2.05, 4.69) is 10.4 Å². The Morgan fingerprint density at radius 1 is 1.25 bits per heavy atom. The van der Waals surface area contributed by atoms with Crippen LogP contribution in [-0.2, 0) is 20.9 Å². The lowest BCUT2D eigenvalue weighted by molar-refractivity contribution is -0.117. The van der Waals surface area contributed by atoms with E-state index in [0.29, 0.717) is 16.1 Å². The van der Waals surface area contributed by atoms with Crippen molar-refractivity contribution in [3.05, 3.63) is 46.4 Å². The fraction of sp³-hybridized carbons (Fsp3) is 0.278. The average molecular weight is 402 g/mol. The van der Waals surface area contributed by atoms with Crippen LogP contribution in [0.1, 0.15) is 17.3 Å². The Hall–Kier alpha value is -3.14. The van der Waals surface area contributed by atoms with E-state index >= 15 is 0 Å². The fourth-order valence-corrected chi connectivity index (χ4v) is 3.55. The number of ether oxygens (including phenoxy) is 1. The van der Waals surface area contributed by atoms with E-state index < -0.39 is 17.4 Å².